The molecule has 6 nitrogen and oxygen atoms in total. The summed E-state index contributed by atoms with van der Waals surface area (Å²) in [6, 6.07) is 6.95. The van der Waals surface area contributed by atoms with Gasteiger partial charge in [0.2, 0.25) is 5.91 Å². The minimum atomic E-state index is -0.639. The predicted molar refractivity (Wildman–Crippen MR) is 79.0 cm³/mol. The highest BCUT2D eigenvalue weighted by Gasteiger charge is 2.27. The lowest BCUT2D eigenvalue weighted by Crippen LogP contribution is -2.51. The van der Waals surface area contributed by atoms with Crippen molar-refractivity contribution in [2.45, 2.75) is 38.8 Å². The number of carbonyl (C=O) groups excluding carboxylic acids is 1. The van der Waals surface area contributed by atoms with Gasteiger partial charge in [-0.3, -0.25) is 9.36 Å². The SMILES string of the molecule is CCC(CC)(CO)NC(=O)Cn1c(=O)oc2ccccc21. The zero-order chi connectivity index (χ0) is 15.5. The van der Waals surface area contributed by atoms with Crippen molar-refractivity contribution in [1.82, 2.24) is 9.88 Å². The monoisotopic (exact) mass is 292 g/mol. The summed E-state index contributed by atoms with van der Waals surface area (Å²) < 4.78 is 6.38. The molecule has 0 fully saturated rings. The number of rotatable bonds is 6. The maximum Gasteiger partial charge on any atom is 0.420 e. The minimum Gasteiger partial charge on any atom is -0.408 e. The number of carbonyl (C=O) groups is 1. The van der Waals surface area contributed by atoms with E-state index in [0.29, 0.717) is 23.9 Å². The number of amides is 1. The van der Waals surface area contributed by atoms with Gasteiger partial charge in [-0.25, -0.2) is 4.79 Å². The molecular formula is C15H20N2O4. The van der Waals surface area contributed by atoms with E-state index >= 15 is 0 Å². The van der Waals surface area contributed by atoms with Gasteiger partial charge in [-0.15, -0.1) is 0 Å². The Morgan fingerprint density at radius 3 is 2.62 bits per heavy atom. The molecule has 21 heavy (non-hydrogen) atoms. The first-order chi connectivity index (χ1) is 10.0. The van der Waals surface area contributed by atoms with E-state index in [-0.39, 0.29) is 19.1 Å². The number of aliphatic hydroxyl groups is 1. The van der Waals surface area contributed by atoms with Crippen LogP contribution in [0.4, 0.5) is 0 Å². The number of hydrogen-bond acceptors (Lipinski definition) is 4. The average Bonchev–Trinajstić information content (AvgIpc) is 2.81. The van der Waals surface area contributed by atoms with Crippen molar-refractivity contribution in [3.63, 3.8) is 0 Å². The zero-order valence-electron chi connectivity index (χ0n) is 12.3. The number of nitrogens with zero attached hydrogens (tertiary/aromatic N) is 1. The molecule has 1 heterocycles. The van der Waals surface area contributed by atoms with Gasteiger partial charge in [-0.2, -0.15) is 0 Å². The van der Waals surface area contributed by atoms with Gasteiger partial charge in [0.05, 0.1) is 17.7 Å². The van der Waals surface area contributed by atoms with Crippen molar-refractivity contribution in [2.24, 2.45) is 0 Å². The molecule has 0 saturated heterocycles. The number of aromatic nitrogens is 1. The smallest absolute Gasteiger partial charge is 0.408 e. The van der Waals surface area contributed by atoms with Crippen molar-refractivity contribution in [2.75, 3.05) is 6.61 Å². The molecule has 0 aliphatic carbocycles. The summed E-state index contributed by atoms with van der Waals surface area (Å²) in [6.45, 7) is 3.54. The van der Waals surface area contributed by atoms with Crippen LogP contribution < -0.4 is 11.1 Å². The van der Waals surface area contributed by atoms with Crippen LogP contribution in [-0.2, 0) is 11.3 Å². The second-order valence-electron chi connectivity index (χ2n) is 5.12. The number of benzene rings is 1. The molecule has 0 spiro atoms. The number of para-hydroxylation sites is 2. The standard InChI is InChI=1S/C15H20N2O4/c1-3-15(4-2,10-18)16-13(19)9-17-11-7-5-6-8-12(11)21-14(17)20/h5-8,18H,3-4,9-10H2,1-2H3,(H,16,19). The number of hydrogen-bond donors (Lipinski definition) is 2. The number of nitrogens with one attached hydrogen (secondary N) is 1. The fourth-order valence-corrected chi connectivity index (χ4v) is 2.33. The first-order valence-electron chi connectivity index (χ1n) is 7.05. The van der Waals surface area contributed by atoms with Crippen molar-refractivity contribution in [3.8, 4) is 0 Å². The Kier molecular flexibility index (Phi) is 4.47. The van der Waals surface area contributed by atoms with Crippen LogP contribution >= 0.6 is 0 Å². The molecule has 1 aromatic carbocycles. The summed E-state index contributed by atoms with van der Waals surface area (Å²) >= 11 is 0. The van der Waals surface area contributed by atoms with E-state index < -0.39 is 11.3 Å². The summed E-state index contributed by atoms with van der Waals surface area (Å²) in [5.74, 6) is -0.879. The van der Waals surface area contributed by atoms with E-state index in [2.05, 4.69) is 5.32 Å². The Labute approximate surface area is 122 Å². The largest absolute Gasteiger partial charge is 0.420 e. The third-order valence-electron chi connectivity index (χ3n) is 3.94. The third kappa shape index (κ3) is 3.00. The Balaban J connectivity index is 2.22. The van der Waals surface area contributed by atoms with E-state index in [1.807, 2.05) is 13.8 Å². The van der Waals surface area contributed by atoms with Gasteiger partial charge in [-0.1, -0.05) is 26.0 Å². The number of oxazole rings is 1. The molecule has 0 aliphatic rings. The van der Waals surface area contributed by atoms with Gasteiger partial charge in [0, 0.05) is 0 Å². The molecule has 0 atom stereocenters. The first-order valence-corrected chi connectivity index (χ1v) is 7.05. The molecule has 1 aromatic heterocycles. The number of fused-ring (bicyclic) bond motifs is 1. The predicted octanol–water partition coefficient (Wildman–Crippen LogP) is 1.26. The summed E-state index contributed by atoms with van der Waals surface area (Å²) in [5.41, 5.74) is 0.398. The van der Waals surface area contributed by atoms with Gasteiger partial charge in [0.25, 0.3) is 0 Å². The molecule has 2 N–H and O–H groups in total. The second kappa shape index (κ2) is 6.13. The first kappa shape index (κ1) is 15.3. The Morgan fingerprint density at radius 1 is 1.33 bits per heavy atom. The highest BCUT2D eigenvalue weighted by Crippen LogP contribution is 2.15. The van der Waals surface area contributed by atoms with Crippen LogP contribution in [0, 0.1) is 0 Å². The normalized spacial score (nSPS) is 11.8. The molecule has 0 radical (unpaired) electrons. The van der Waals surface area contributed by atoms with E-state index in [0.717, 1.165) is 0 Å². The molecule has 114 valence electrons. The van der Waals surface area contributed by atoms with Crippen LogP contribution in [0.5, 0.6) is 0 Å². The van der Waals surface area contributed by atoms with Gasteiger partial charge in [0.1, 0.15) is 6.54 Å². The van der Waals surface area contributed by atoms with E-state index in [1.54, 1.807) is 24.3 Å². The van der Waals surface area contributed by atoms with E-state index in [1.165, 1.54) is 4.57 Å². The van der Waals surface area contributed by atoms with Crippen LogP contribution in [0.1, 0.15) is 26.7 Å². The quantitative estimate of drug-likeness (QED) is 0.839. The Bertz CT molecular complexity index is 674. The van der Waals surface area contributed by atoms with Gasteiger partial charge < -0.3 is 14.8 Å². The van der Waals surface area contributed by atoms with Crippen LogP contribution in [-0.4, -0.2) is 27.7 Å². The molecule has 6 heteroatoms. The summed E-state index contributed by atoms with van der Waals surface area (Å²) in [7, 11) is 0. The summed E-state index contributed by atoms with van der Waals surface area (Å²) in [5, 5.41) is 12.3. The molecule has 0 saturated carbocycles. The van der Waals surface area contributed by atoms with E-state index in [9.17, 15) is 14.7 Å². The van der Waals surface area contributed by atoms with Crippen molar-refractivity contribution >= 4 is 17.0 Å². The molecule has 1 amide bonds. The second-order valence-corrected chi connectivity index (χ2v) is 5.12. The maximum atomic E-state index is 12.2. The Morgan fingerprint density at radius 2 is 2.00 bits per heavy atom. The fraction of sp³-hybridized carbons (Fsp3) is 0.467. The topological polar surface area (TPSA) is 84.5 Å². The van der Waals surface area contributed by atoms with Crippen molar-refractivity contribution in [3.05, 3.63) is 34.8 Å². The third-order valence-corrected chi connectivity index (χ3v) is 3.94. The van der Waals surface area contributed by atoms with Crippen LogP contribution in [0.15, 0.2) is 33.5 Å². The maximum absolute atomic E-state index is 12.2. The Hall–Kier alpha value is -2.08. The van der Waals surface area contributed by atoms with Crippen LogP contribution in [0.25, 0.3) is 11.1 Å². The lowest BCUT2D eigenvalue weighted by Gasteiger charge is -2.30. The minimum absolute atomic E-state index is 0.127. The van der Waals surface area contributed by atoms with Crippen molar-refractivity contribution < 1.29 is 14.3 Å². The molecule has 0 bridgehead atoms. The highest BCUT2D eigenvalue weighted by molar-refractivity contribution is 5.80. The number of aliphatic hydroxyl groups excluding tert-OH is 1. The lowest BCUT2D eigenvalue weighted by molar-refractivity contribution is -0.124. The zero-order valence-corrected chi connectivity index (χ0v) is 12.3. The van der Waals surface area contributed by atoms with Gasteiger partial charge in [-0.05, 0) is 25.0 Å². The summed E-state index contributed by atoms with van der Waals surface area (Å²) in [6.07, 6.45) is 1.24. The molecular weight excluding hydrogens is 272 g/mol. The molecule has 0 unspecified atom stereocenters. The summed E-state index contributed by atoms with van der Waals surface area (Å²) in [4.78, 5) is 24.0. The molecule has 2 aromatic rings. The van der Waals surface area contributed by atoms with Crippen LogP contribution in [0.3, 0.4) is 0 Å². The molecule has 2 rings (SSSR count). The molecule has 0 aliphatic heterocycles. The fourth-order valence-electron chi connectivity index (χ4n) is 2.33. The van der Waals surface area contributed by atoms with Gasteiger partial charge in [0.15, 0.2) is 5.58 Å². The van der Waals surface area contributed by atoms with Crippen LogP contribution in [0.2, 0.25) is 0 Å². The highest BCUT2D eigenvalue weighted by atomic mass is 16.4. The van der Waals surface area contributed by atoms with Gasteiger partial charge >= 0.3 is 5.76 Å². The van der Waals surface area contributed by atoms with Crippen molar-refractivity contribution in [1.29, 1.82) is 0 Å². The van der Waals surface area contributed by atoms with E-state index in [4.69, 9.17) is 4.42 Å². The lowest BCUT2D eigenvalue weighted by atomic mass is 9.94. The average molecular weight is 292 g/mol.